The number of aliphatic hydroxyl groups excluding tert-OH is 1. The fraction of sp³-hybridized carbons (Fsp3) is 0.381. The molecule has 2 heterocycles. The van der Waals surface area contributed by atoms with E-state index in [1.807, 2.05) is 99.6 Å². The Morgan fingerprint density at radius 2 is 1.49 bits per heavy atom. The lowest BCUT2D eigenvalue weighted by molar-refractivity contribution is -0.253. The van der Waals surface area contributed by atoms with Crippen LogP contribution >= 0.6 is 0 Å². The number of likely N-dealkylation sites (tertiary alicyclic amines) is 1. The summed E-state index contributed by atoms with van der Waals surface area (Å²) >= 11 is 0. The number of urea groups is 1. The van der Waals surface area contributed by atoms with E-state index in [0.717, 1.165) is 58.3 Å². The van der Waals surface area contributed by atoms with E-state index in [9.17, 15) is 14.7 Å². The second-order valence-corrected chi connectivity index (χ2v) is 14.4. The van der Waals surface area contributed by atoms with Crippen molar-refractivity contribution < 1.29 is 28.9 Å². The van der Waals surface area contributed by atoms with Crippen molar-refractivity contribution in [1.29, 1.82) is 0 Å². The van der Waals surface area contributed by atoms with Crippen molar-refractivity contribution in [2.45, 2.75) is 89.9 Å². The number of esters is 1. The van der Waals surface area contributed by atoms with Crippen LogP contribution in [0, 0.1) is 0 Å². The predicted octanol–water partition coefficient (Wildman–Crippen LogP) is 7.20. The number of nitrogens with one attached hydrogen (secondary N) is 2. The Labute approximate surface area is 300 Å². The van der Waals surface area contributed by atoms with Gasteiger partial charge in [-0.1, -0.05) is 97.1 Å². The summed E-state index contributed by atoms with van der Waals surface area (Å²) in [4.78, 5) is 27.7. The molecule has 0 radical (unpaired) electrons. The minimum Gasteiger partial charge on any atom is -0.459 e. The number of carbonyl (C=O) groups excluding carboxylic acids is 2. The molecule has 0 bridgehead atoms. The summed E-state index contributed by atoms with van der Waals surface area (Å²) in [6, 6.07) is 33.5. The highest BCUT2D eigenvalue weighted by Gasteiger charge is 2.39. The van der Waals surface area contributed by atoms with E-state index in [1.54, 1.807) is 0 Å². The van der Waals surface area contributed by atoms with E-state index in [4.69, 9.17) is 14.2 Å². The van der Waals surface area contributed by atoms with E-state index >= 15 is 0 Å². The van der Waals surface area contributed by atoms with Crippen molar-refractivity contribution in [2.75, 3.05) is 13.1 Å². The molecule has 2 saturated heterocycles. The number of amides is 2. The van der Waals surface area contributed by atoms with Gasteiger partial charge >= 0.3 is 12.0 Å². The quantitative estimate of drug-likeness (QED) is 0.143. The summed E-state index contributed by atoms with van der Waals surface area (Å²) in [6.45, 7) is 7.97. The van der Waals surface area contributed by atoms with Crippen LogP contribution in [0.25, 0.3) is 11.1 Å². The van der Waals surface area contributed by atoms with E-state index in [1.165, 1.54) is 0 Å². The van der Waals surface area contributed by atoms with Crippen LogP contribution < -0.4 is 10.6 Å². The molecule has 0 aliphatic carbocycles. The van der Waals surface area contributed by atoms with Gasteiger partial charge in [0.05, 0.1) is 18.8 Å². The van der Waals surface area contributed by atoms with Gasteiger partial charge < -0.3 is 30.0 Å². The average Bonchev–Trinajstić information content (AvgIpc) is 3.61. The van der Waals surface area contributed by atoms with Crippen LogP contribution in [0.4, 0.5) is 4.79 Å². The standard InChI is InChI=1S/C42H49N3O6/c1-42(2,3)51-39(47)37-13-8-22-45(37)27-36-24-38(33-16-14-30(28-46)15-17-33)50-40(49-36)34-20-18-32(19-21-34)35-12-7-11-31(23-35)26-44-41(48)43-25-29-9-5-4-6-10-29/h4-7,9-12,14-21,23,36-38,40,46H,8,13,22,24-28H2,1-3H3,(H2,43,44,48). The molecule has 4 aromatic rings. The van der Waals surface area contributed by atoms with Gasteiger partial charge in [-0.2, -0.15) is 0 Å². The lowest BCUT2D eigenvalue weighted by Crippen LogP contribution is -2.45. The van der Waals surface area contributed by atoms with Gasteiger partial charge in [-0.25, -0.2) is 4.79 Å². The van der Waals surface area contributed by atoms with Gasteiger partial charge in [-0.15, -0.1) is 0 Å². The number of rotatable bonds is 11. The number of nitrogens with zero attached hydrogens (tertiary/aromatic N) is 1. The minimum atomic E-state index is -0.604. The van der Waals surface area contributed by atoms with Gasteiger partial charge in [-0.05, 0) is 79.6 Å². The molecule has 2 aliphatic rings. The van der Waals surface area contributed by atoms with Crippen LogP contribution in [-0.2, 0) is 38.7 Å². The van der Waals surface area contributed by atoms with Crippen LogP contribution in [0.3, 0.4) is 0 Å². The second kappa shape index (κ2) is 16.7. The molecule has 4 atom stereocenters. The third-order valence-corrected chi connectivity index (χ3v) is 9.29. The molecule has 2 amide bonds. The predicted molar refractivity (Wildman–Crippen MR) is 196 cm³/mol. The largest absolute Gasteiger partial charge is 0.459 e. The summed E-state index contributed by atoms with van der Waals surface area (Å²) < 4.78 is 19.0. The van der Waals surface area contributed by atoms with E-state index in [-0.39, 0.29) is 36.9 Å². The maximum Gasteiger partial charge on any atom is 0.323 e. The molecule has 0 saturated carbocycles. The fourth-order valence-electron chi connectivity index (χ4n) is 6.69. The third-order valence-electron chi connectivity index (χ3n) is 9.29. The molecule has 0 spiro atoms. The highest BCUT2D eigenvalue weighted by molar-refractivity contribution is 5.76. The van der Waals surface area contributed by atoms with Crippen molar-refractivity contribution in [3.05, 3.63) is 131 Å². The molecule has 9 heteroatoms. The molecular formula is C42H49N3O6. The van der Waals surface area contributed by atoms with Crippen molar-refractivity contribution in [3.8, 4) is 11.1 Å². The Bertz CT molecular complexity index is 1740. The summed E-state index contributed by atoms with van der Waals surface area (Å²) in [6.07, 6.45) is 1.33. The Balaban J connectivity index is 1.13. The summed E-state index contributed by atoms with van der Waals surface area (Å²) in [5, 5.41) is 15.4. The molecule has 2 fully saturated rings. The van der Waals surface area contributed by atoms with Crippen LogP contribution in [0.2, 0.25) is 0 Å². The van der Waals surface area contributed by atoms with Crippen LogP contribution in [0.5, 0.6) is 0 Å². The zero-order valence-corrected chi connectivity index (χ0v) is 29.7. The molecule has 4 aromatic carbocycles. The first-order valence-corrected chi connectivity index (χ1v) is 17.9. The van der Waals surface area contributed by atoms with E-state index in [2.05, 4.69) is 39.8 Å². The maximum atomic E-state index is 13.1. The van der Waals surface area contributed by atoms with E-state index in [0.29, 0.717) is 26.1 Å². The first kappa shape index (κ1) is 36.3. The normalized spacial score (nSPS) is 20.9. The highest BCUT2D eigenvalue weighted by Crippen LogP contribution is 2.39. The van der Waals surface area contributed by atoms with Crippen molar-refractivity contribution in [2.24, 2.45) is 0 Å². The van der Waals surface area contributed by atoms with Crippen molar-refractivity contribution in [3.63, 3.8) is 0 Å². The van der Waals surface area contributed by atoms with Crippen molar-refractivity contribution in [1.82, 2.24) is 15.5 Å². The Morgan fingerprint density at radius 1 is 0.804 bits per heavy atom. The van der Waals surface area contributed by atoms with Gasteiger partial charge in [0.1, 0.15) is 11.6 Å². The van der Waals surface area contributed by atoms with Gasteiger partial charge in [0.2, 0.25) is 0 Å². The lowest BCUT2D eigenvalue weighted by atomic mass is 9.98. The molecule has 0 aromatic heterocycles. The van der Waals surface area contributed by atoms with E-state index < -0.39 is 11.9 Å². The van der Waals surface area contributed by atoms with Gasteiger partial charge in [0.15, 0.2) is 6.29 Å². The lowest BCUT2D eigenvalue weighted by Gasteiger charge is -2.38. The zero-order valence-electron chi connectivity index (χ0n) is 29.7. The minimum absolute atomic E-state index is 0.0168. The molecule has 2 aliphatic heterocycles. The number of carbonyl (C=O) groups is 2. The van der Waals surface area contributed by atoms with Crippen LogP contribution in [0.15, 0.2) is 103 Å². The SMILES string of the molecule is CC(C)(C)OC(=O)C1CCCN1CC1CC(c2ccc(CO)cc2)OC(c2ccc(-c3cccc(CNC(=O)NCc4ccccc4)c3)cc2)O1. The van der Waals surface area contributed by atoms with Crippen LogP contribution in [0.1, 0.15) is 80.2 Å². The Morgan fingerprint density at radius 3 is 2.20 bits per heavy atom. The number of benzene rings is 4. The molecule has 4 unspecified atom stereocenters. The first-order chi connectivity index (χ1) is 24.6. The molecule has 51 heavy (non-hydrogen) atoms. The van der Waals surface area contributed by atoms with Gasteiger partial charge in [-0.3, -0.25) is 9.69 Å². The number of ether oxygens (including phenoxy) is 3. The number of hydrogen-bond acceptors (Lipinski definition) is 7. The third kappa shape index (κ3) is 10.0. The summed E-state index contributed by atoms with van der Waals surface area (Å²) in [5.74, 6) is -0.179. The average molecular weight is 692 g/mol. The Kier molecular flexibility index (Phi) is 11.8. The van der Waals surface area contributed by atoms with Crippen molar-refractivity contribution >= 4 is 12.0 Å². The van der Waals surface area contributed by atoms with Gasteiger partial charge in [0.25, 0.3) is 0 Å². The topological polar surface area (TPSA) is 109 Å². The number of hydrogen-bond donors (Lipinski definition) is 3. The van der Waals surface area contributed by atoms with Crippen LogP contribution in [-0.4, -0.2) is 52.8 Å². The molecule has 9 nitrogen and oxygen atoms in total. The Hall–Kier alpha value is -4.54. The first-order valence-electron chi connectivity index (χ1n) is 17.9. The van der Waals surface area contributed by atoms with Gasteiger partial charge in [0, 0.05) is 31.6 Å². The second-order valence-electron chi connectivity index (χ2n) is 14.4. The molecule has 268 valence electrons. The molecule has 6 rings (SSSR count). The summed E-state index contributed by atoms with van der Waals surface area (Å²) in [7, 11) is 0. The highest BCUT2D eigenvalue weighted by atomic mass is 16.7. The number of aliphatic hydroxyl groups is 1. The molecular weight excluding hydrogens is 642 g/mol. The monoisotopic (exact) mass is 691 g/mol. The maximum absolute atomic E-state index is 13.1. The summed E-state index contributed by atoms with van der Waals surface area (Å²) in [5.41, 5.74) is 6.34. The zero-order chi connectivity index (χ0) is 35.8. The fourth-order valence-corrected chi connectivity index (χ4v) is 6.69. The smallest absolute Gasteiger partial charge is 0.323 e. The molecule has 3 N–H and O–H groups in total.